The van der Waals surface area contributed by atoms with Crippen LogP contribution in [0.4, 0.5) is 0 Å². The number of nitrogens with one attached hydrogen (secondary N) is 1. The molecule has 0 bridgehead atoms. The maximum atomic E-state index is 8.74. The molecular formula is C18H15NOS. The van der Waals surface area contributed by atoms with Crippen molar-refractivity contribution in [2.24, 2.45) is 0 Å². The van der Waals surface area contributed by atoms with E-state index >= 15 is 0 Å². The summed E-state index contributed by atoms with van der Waals surface area (Å²) < 4.78 is 0. The van der Waals surface area contributed by atoms with Gasteiger partial charge in [-0.15, -0.1) is 11.8 Å². The summed E-state index contributed by atoms with van der Waals surface area (Å²) in [5, 5.41) is 11.1. The Bertz CT molecular complexity index is 777. The van der Waals surface area contributed by atoms with Crippen LogP contribution in [0.2, 0.25) is 0 Å². The monoisotopic (exact) mass is 293 g/mol. The highest BCUT2D eigenvalue weighted by Crippen LogP contribution is 2.26. The summed E-state index contributed by atoms with van der Waals surface area (Å²) in [7, 11) is 0. The molecule has 0 saturated heterocycles. The molecule has 0 fully saturated rings. The van der Waals surface area contributed by atoms with Gasteiger partial charge in [0.1, 0.15) is 6.61 Å². The lowest BCUT2D eigenvalue weighted by atomic mass is 10.1. The number of aromatic nitrogens is 1. The average molecular weight is 293 g/mol. The highest BCUT2D eigenvalue weighted by atomic mass is 32.2. The Kier molecular flexibility index (Phi) is 4.30. The minimum absolute atomic E-state index is 0.103. The van der Waals surface area contributed by atoms with Crippen molar-refractivity contribution in [3.8, 4) is 11.8 Å². The van der Waals surface area contributed by atoms with E-state index < -0.39 is 0 Å². The summed E-state index contributed by atoms with van der Waals surface area (Å²) in [5.41, 5.74) is 3.34. The van der Waals surface area contributed by atoms with Crippen molar-refractivity contribution in [1.29, 1.82) is 0 Å². The van der Waals surface area contributed by atoms with E-state index in [0.29, 0.717) is 0 Å². The van der Waals surface area contributed by atoms with Gasteiger partial charge in [-0.05, 0) is 29.8 Å². The molecule has 0 atom stereocenters. The summed E-state index contributed by atoms with van der Waals surface area (Å²) >= 11 is 1.78. The molecule has 0 aliphatic heterocycles. The Morgan fingerprint density at radius 3 is 2.81 bits per heavy atom. The van der Waals surface area contributed by atoms with E-state index in [4.69, 9.17) is 5.11 Å². The van der Waals surface area contributed by atoms with E-state index in [-0.39, 0.29) is 6.61 Å². The lowest BCUT2D eigenvalue weighted by Crippen LogP contribution is -1.83. The lowest BCUT2D eigenvalue weighted by Gasteiger charge is -2.00. The molecule has 0 aliphatic rings. The van der Waals surface area contributed by atoms with Gasteiger partial charge in [0.2, 0.25) is 0 Å². The number of fused-ring (bicyclic) bond motifs is 1. The third-order valence-electron chi connectivity index (χ3n) is 3.14. The first kappa shape index (κ1) is 13.8. The number of aliphatic hydroxyl groups is 1. The van der Waals surface area contributed by atoms with Gasteiger partial charge in [-0.2, -0.15) is 0 Å². The molecule has 2 nitrogen and oxygen atoms in total. The number of hydrogen-bond acceptors (Lipinski definition) is 2. The second kappa shape index (κ2) is 6.53. The molecule has 104 valence electrons. The Morgan fingerprint density at radius 1 is 1.05 bits per heavy atom. The molecule has 0 aliphatic carbocycles. The molecule has 1 heterocycles. The van der Waals surface area contributed by atoms with Crippen LogP contribution in [0.3, 0.4) is 0 Å². The van der Waals surface area contributed by atoms with Gasteiger partial charge in [0, 0.05) is 22.2 Å². The van der Waals surface area contributed by atoms with Crippen LogP contribution in [-0.2, 0) is 5.75 Å². The largest absolute Gasteiger partial charge is 0.384 e. The van der Waals surface area contributed by atoms with Gasteiger partial charge >= 0.3 is 0 Å². The molecule has 3 rings (SSSR count). The minimum Gasteiger partial charge on any atom is -0.384 e. The first-order valence-corrected chi connectivity index (χ1v) is 7.73. The highest BCUT2D eigenvalue weighted by Gasteiger charge is 2.01. The summed E-state index contributed by atoms with van der Waals surface area (Å²) in [6, 6.07) is 18.6. The second-order valence-corrected chi connectivity index (χ2v) is 5.69. The van der Waals surface area contributed by atoms with Crippen molar-refractivity contribution in [2.75, 3.05) is 6.61 Å². The molecule has 0 radical (unpaired) electrons. The number of aliphatic hydroxyl groups excluding tert-OH is 1. The van der Waals surface area contributed by atoms with Crippen LogP contribution in [0.1, 0.15) is 11.1 Å². The number of rotatable bonds is 3. The summed E-state index contributed by atoms with van der Waals surface area (Å²) in [4.78, 5) is 3.42. The van der Waals surface area contributed by atoms with Gasteiger partial charge < -0.3 is 10.1 Å². The number of thioether (sulfide) groups is 1. The van der Waals surface area contributed by atoms with Crippen LogP contribution in [0.15, 0.2) is 59.6 Å². The van der Waals surface area contributed by atoms with Gasteiger partial charge in [0.25, 0.3) is 0 Å². The Labute approximate surface area is 128 Å². The predicted molar refractivity (Wildman–Crippen MR) is 88.3 cm³/mol. The maximum Gasteiger partial charge on any atom is 0.104 e. The van der Waals surface area contributed by atoms with Crippen LogP contribution in [-0.4, -0.2) is 16.7 Å². The van der Waals surface area contributed by atoms with Crippen LogP contribution >= 0.6 is 11.8 Å². The molecule has 0 unspecified atom stereocenters. The van der Waals surface area contributed by atoms with Crippen LogP contribution < -0.4 is 0 Å². The third-order valence-corrected chi connectivity index (χ3v) is 4.15. The van der Waals surface area contributed by atoms with Crippen molar-refractivity contribution in [3.63, 3.8) is 0 Å². The topological polar surface area (TPSA) is 36.0 Å². The van der Waals surface area contributed by atoms with Gasteiger partial charge in [0.05, 0.1) is 5.03 Å². The van der Waals surface area contributed by atoms with E-state index in [2.05, 4.69) is 47.2 Å². The minimum atomic E-state index is -0.103. The number of para-hydroxylation sites is 1. The van der Waals surface area contributed by atoms with Crippen LogP contribution in [0.5, 0.6) is 0 Å². The molecule has 0 amide bonds. The normalized spacial score (nSPS) is 10.3. The zero-order chi connectivity index (χ0) is 14.5. The van der Waals surface area contributed by atoms with E-state index in [9.17, 15) is 0 Å². The fourth-order valence-electron chi connectivity index (χ4n) is 2.17. The lowest BCUT2D eigenvalue weighted by molar-refractivity contribution is 0.350. The standard InChI is InChI=1S/C18H15NOS/c20-10-4-7-14-5-3-6-15(11-14)13-21-18-12-16-8-1-2-9-17(16)19-18/h1-3,5-6,8-9,11-12,19-20H,10,13H2. The number of benzene rings is 2. The van der Waals surface area contributed by atoms with Crippen molar-refractivity contribution in [1.82, 2.24) is 4.98 Å². The summed E-state index contributed by atoms with van der Waals surface area (Å²) in [6.07, 6.45) is 0. The third kappa shape index (κ3) is 3.49. The quantitative estimate of drug-likeness (QED) is 0.569. The fraction of sp³-hybridized carbons (Fsp3) is 0.111. The van der Waals surface area contributed by atoms with E-state index in [1.165, 1.54) is 21.5 Å². The summed E-state index contributed by atoms with van der Waals surface area (Å²) in [6.45, 7) is -0.103. The SMILES string of the molecule is OCC#Cc1cccc(CSc2cc3ccccc3[nH]2)c1. The van der Waals surface area contributed by atoms with Crippen molar-refractivity contribution < 1.29 is 5.11 Å². The van der Waals surface area contributed by atoms with Gasteiger partial charge in [-0.1, -0.05) is 42.2 Å². The van der Waals surface area contributed by atoms with E-state index in [1.54, 1.807) is 11.8 Å². The number of hydrogen-bond donors (Lipinski definition) is 2. The maximum absolute atomic E-state index is 8.74. The molecule has 1 aromatic heterocycles. The van der Waals surface area contributed by atoms with Crippen molar-refractivity contribution >= 4 is 22.7 Å². The van der Waals surface area contributed by atoms with E-state index in [1.807, 2.05) is 24.3 Å². The first-order chi connectivity index (χ1) is 10.3. The fourth-order valence-corrected chi connectivity index (χ4v) is 3.06. The van der Waals surface area contributed by atoms with Crippen LogP contribution in [0.25, 0.3) is 10.9 Å². The van der Waals surface area contributed by atoms with Gasteiger partial charge in [-0.25, -0.2) is 0 Å². The van der Waals surface area contributed by atoms with Gasteiger partial charge in [-0.3, -0.25) is 0 Å². The molecule has 2 N–H and O–H groups in total. The Morgan fingerprint density at radius 2 is 1.95 bits per heavy atom. The first-order valence-electron chi connectivity index (χ1n) is 6.74. The molecule has 3 aromatic rings. The average Bonchev–Trinajstić information content (AvgIpc) is 2.94. The molecule has 0 saturated carbocycles. The molecule has 0 spiro atoms. The van der Waals surface area contributed by atoms with Crippen molar-refractivity contribution in [2.45, 2.75) is 10.8 Å². The molecule has 2 aromatic carbocycles. The number of aromatic amines is 1. The molecular weight excluding hydrogens is 278 g/mol. The zero-order valence-corrected chi connectivity index (χ0v) is 12.3. The smallest absolute Gasteiger partial charge is 0.104 e. The van der Waals surface area contributed by atoms with Gasteiger partial charge in [0.15, 0.2) is 0 Å². The van der Waals surface area contributed by atoms with E-state index in [0.717, 1.165) is 11.3 Å². The second-order valence-electron chi connectivity index (χ2n) is 4.67. The Hall–Kier alpha value is -2.15. The van der Waals surface area contributed by atoms with Crippen LogP contribution in [0, 0.1) is 11.8 Å². The molecule has 3 heteroatoms. The Balaban J connectivity index is 1.72. The van der Waals surface area contributed by atoms with Crippen molar-refractivity contribution in [3.05, 3.63) is 65.7 Å². The zero-order valence-electron chi connectivity index (χ0n) is 11.5. The molecule has 21 heavy (non-hydrogen) atoms. The number of H-pyrrole nitrogens is 1. The predicted octanol–water partition coefficient (Wildman–Crippen LogP) is 3.80. The highest BCUT2D eigenvalue weighted by molar-refractivity contribution is 7.98. The summed E-state index contributed by atoms with van der Waals surface area (Å²) in [5.74, 6) is 6.50.